The average molecular weight is 375 g/mol. The van der Waals surface area contributed by atoms with Crippen LogP contribution in [-0.4, -0.2) is 49.0 Å². The van der Waals surface area contributed by atoms with E-state index in [2.05, 4.69) is 0 Å². The van der Waals surface area contributed by atoms with Gasteiger partial charge in [0.15, 0.2) is 0 Å². The Labute approximate surface area is 151 Å². The third-order valence-corrected chi connectivity index (χ3v) is 3.90. The fraction of sp³-hybridized carbons (Fsp3) is 0.611. The van der Waals surface area contributed by atoms with Gasteiger partial charge in [0.1, 0.15) is 23.6 Å². The fourth-order valence-electron chi connectivity index (χ4n) is 2.67. The van der Waals surface area contributed by atoms with Crippen molar-refractivity contribution in [2.24, 2.45) is 0 Å². The van der Waals surface area contributed by atoms with E-state index in [0.717, 1.165) is 12.1 Å². The van der Waals surface area contributed by atoms with Crippen molar-refractivity contribution in [3.05, 3.63) is 29.8 Å². The standard InChI is InChI=1S/C18H24F3NO4/c1-17(2,3)26-16(23)22-9-8-14(15(11-22)24-4)25-13-7-5-6-12(10-13)18(19,20)21/h5-7,10,14-15H,8-9,11H2,1-4H3. The van der Waals surface area contributed by atoms with Crippen molar-refractivity contribution in [3.8, 4) is 5.75 Å². The van der Waals surface area contributed by atoms with Gasteiger partial charge in [-0.3, -0.25) is 0 Å². The van der Waals surface area contributed by atoms with Gasteiger partial charge in [-0.05, 0) is 39.0 Å². The van der Waals surface area contributed by atoms with Gasteiger partial charge in [0, 0.05) is 20.1 Å². The van der Waals surface area contributed by atoms with E-state index < -0.39 is 35.6 Å². The zero-order valence-corrected chi connectivity index (χ0v) is 15.3. The van der Waals surface area contributed by atoms with Gasteiger partial charge in [-0.1, -0.05) is 6.07 Å². The smallest absolute Gasteiger partial charge is 0.416 e. The maximum Gasteiger partial charge on any atom is 0.416 e. The first-order valence-corrected chi connectivity index (χ1v) is 8.34. The van der Waals surface area contributed by atoms with Crippen LogP contribution in [0.25, 0.3) is 0 Å². The molecule has 1 amide bonds. The molecule has 0 bridgehead atoms. The quantitative estimate of drug-likeness (QED) is 0.798. The van der Waals surface area contributed by atoms with E-state index in [1.165, 1.54) is 24.1 Å². The molecule has 1 aromatic carbocycles. The maximum atomic E-state index is 12.8. The van der Waals surface area contributed by atoms with E-state index in [4.69, 9.17) is 14.2 Å². The Bertz CT molecular complexity index is 628. The molecule has 2 rings (SSSR count). The van der Waals surface area contributed by atoms with Crippen LogP contribution < -0.4 is 4.74 Å². The number of carbonyl (C=O) groups excluding carboxylic acids is 1. The number of halogens is 3. The molecule has 0 saturated carbocycles. The highest BCUT2D eigenvalue weighted by Gasteiger charge is 2.36. The van der Waals surface area contributed by atoms with Crippen LogP contribution in [0.5, 0.6) is 5.75 Å². The first-order chi connectivity index (χ1) is 12.0. The van der Waals surface area contributed by atoms with Gasteiger partial charge in [-0.25, -0.2) is 4.79 Å². The van der Waals surface area contributed by atoms with E-state index in [1.807, 2.05) is 0 Å². The van der Waals surface area contributed by atoms with Crippen LogP contribution >= 0.6 is 0 Å². The summed E-state index contributed by atoms with van der Waals surface area (Å²) in [5.41, 5.74) is -1.37. The molecule has 1 fully saturated rings. The Morgan fingerprint density at radius 3 is 2.46 bits per heavy atom. The molecule has 0 aliphatic carbocycles. The van der Waals surface area contributed by atoms with Crippen molar-refractivity contribution in [1.82, 2.24) is 4.90 Å². The van der Waals surface area contributed by atoms with Crippen LogP contribution in [0.4, 0.5) is 18.0 Å². The van der Waals surface area contributed by atoms with Crippen LogP contribution in [0.3, 0.4) is 0 Å². The molecular formula is C18H24F3NO4. The fourth-order valence-corrected chi connectivity index (χ4v) is 2.67. The Morgan fingerprint density at radius 1 is 1.19 bits per heavy atom. The van der Waals surface area contributed by atoms with Crippen molar-refractivity contribution in [3.63, 3.8) is 0 Å². The van der Waals surface area contributed by atoms with Crippen LogP contribution in [0.2, 0.25) is 0 Å². The molecule has 2 atom stereocenters. The lowest BCUT2D eigenvalue weighted by atomic mass is 10.0. The SMILES string of the molecule is COC1CN(C(=O)OC(C)(C)C)CCC1Oc1cccc(C(F)(F)F)c1. The van der Waals surface area contributed by atoms with E-state index in [0.29, 0.717) is 13.0 Å². The van der Waals surface area contributed by atoms with Crippen LogP contribution in [0.15, 0.2) is 24.3 Å². The third-order valence-electron chi connectivity index (χ3n) is 3.90. The van der Waals surface area contributed by atoms with E-state index in [1.54, 1.807) is 20.8 Å². The van der Waals surface area contributed by atoms with Gasteiger partial charge in [0.25, 0.3) is 0 Å². The Hall–Kier alpha value is -1.96. The van der Waals surface area contributed by atoms with Crippen LogP contribution in [0, 0.1) is 0 Å². The first kappa shape index (κ1) is 20.4. The van der Waals surface area contributed by atoms with Crippen molar-refractivity contribution in [2.45, 2.75) is 51.2 Å². The number of alkyl halides is 3. The molecule has 26 heavy (non-hydrogen) atoms. The molecule has 1 heterocycles. The number of nitrogens with zero attached hydrogens (tertiary/aromatic N) is 1. The molecule has 0 aromatic heterocycles. The van der Waals surface area contributed by atoms with E-state index in [9.17, 15) is 18.0 Å². The molecule has 2 unspecified atom stereocenters. The van der Waals surface area contributed by atoms with Crippen molar-refractivity contribution in [2.75, 3.05) is 20.2 Å². The van der Waals surface area contributed by atoms with Crippen LogP contribution in [-0.2, 0) is 15.7 Å². The summed E-state index contributed by atoms with van der Waals surface area (Å²) in [6, 6.07) is 4.73. The normalized spacial score (nSPS) is 21.4. The summed E-state index contributed by atoms with van der Waals surface area (Å²) in [4.78, 5) is 13.7. The molecule has 0 radical (unpaired) electrons. The second kappa shape index (κ2) is 7.73. The number of hydrogen-bond acceptors (Lipinski definition) is 4. The largest absolute Gasteiger partial charge is 0.488 e. The molecular weight excluding hydrogens is 351 g/mol. The zero-order valence-electron chi connectivity index (χ0n) is 15.3. The average Bonchev–Trinajstić information content (AvgIpc) is 2.53. The lowest BCUT2D eigenvalue weighted by Gasteiger charge is -2.38. The topological polar surface area (TPSA) is 48.0 Å². The first-order valence-electron chi connectivity index (χ1n) is 8.34. The van der Waals surface area contributed by atoms with Crippen molar-refractivity contribution in [1.29, 1.82) is 0 Å². The van der Waals surface area contributed by atoms with Gasteiger partial charge >= 0.3 is 12.3 Å². The molecule has 0 N–H and O–H groups in total. The Balaban J connectivity index is 2.03. The highest BCUT2D eigenvalue weighted by Crippen LogP contribution is 2.32. The van der Waals surface area contributed by atoms with Gasteiger partial charge < -0.3 is 19.1 Å². The van der Waals surface area contributed by atoms with Gasteiger partial charge in [-0.2, -0.15) is 13.2 Å². The number of piperidine rings is 1. The molecule has 1 aliphatic heterocycles. The predicted molar refractivity (Wildman–Crippen MR) is 89.1 cm³/mol. The second-order valence-corrected chi connectivity index (χ2v) is 7.17. The summed E-state index contributed by atoms with van der Waals surface area (Å²) >= 11 is 0. The third kappa shape index (κ3) is 5.52. The number of hydrogen-bond donors (Lipinski definition) is 0. The minimum atomic E-state index is -4.43. The van der Waals surface area contributed by atoms with E-state index in [-0.39, 0.29) is 12.3 Å². The summed E-state index contributed by atoms with van der Waals surface area (Å²) in [5.74, 6) is 0.123. The van der Waals surface area contributed by atoms with Gasteiger partial charge in [-0.15, -0.1) is 0 Å². The Morgan fingerprint density at radius 2 is 1.88 bits per heavy atom. The summed E-state index contributed by atoms with van der Waals surface area (Å²) < 4.78 is 54.9. The highest BCUT2D eigenvalue weighted by atomic mass is 19.4. The monoisotopic (exact) mass is 375 g/mol. The van der Waals surface area contributed by atoms with Gasteiger partial charge in [0.05, 0.1) is 12.1 Å². The number of rotatable bonds is 3. The number of methoxy groups -OCH3 is 1. The molecule has 1 saturated heterocycles. The van der Waals surface area contributed by atoms with Crippen molar-refractivity contribution < 1.29 is 32.2 Å². The molecule has 0 spiro atoms. The summed E-state index contributed by atoms with van der Waals surface area (Å²) in [5, 5.41) is 0. The highest BCUT2D eigenvalue weighted by molar-refractivity contribution is 5.68. The summed E-state index contributed by atoms with van der Waals surface area (Å²) in [7, 11) is 1.48. The van der Waals surface area contributed by atoms with Crippen molar-refractivity contribution >= 4 is 6.09 Å². The maximum absolute atomic E-state index is 12.8. The minimum absolute atomic E-state index is 0.123. The summed E-state index contributed by atoms with van der Waals surface area (Å²) in [6.45, 7) is 5.96. The van der Waals surface area contributed by atoms with Crippen LogP contribution in [0.1, 0.15) is 32.8 Å². The second-order valence-electron chi connectivity index (χ2n) is 7.17. The van der Waals surface area contributed by atoms with E-state index >= 15 is 0 Å². The minimum Gasteiger partial charge on any atom is -0.488 e. The predicted octanol–water partition coefficient (Wildman–Crippen LogP) is 4.11. The number of ether oxygens (including phenoxy) is 3. The molecule has 8 heteroatoms. The number of benzene rings is 1. The number of likely N-dealkylation sites (tertiary alicyclic amines) is 1. The Kier molecular flexibility index (Phi) is 6.05. The molecule has 146 valence electrons. The number of carbonyl (C=O) groups is 1. The zero-order chi connectivity index (χ0) is 19.5. The lowest BCUT2D eigenvalue weighted by Crippen LogP contribution is -2.52. The summed E-state index contributed by atoms with van der Waals surface area (Å²) in [6.07, 6.45) is -5.38. The lowest BCUT2D eigenvalue weighted by molar-refractivity contribution is -0.137. The molecule has 5 nitrogen and oxygen atoms in total. The molecule has 1 aliphatic rings. The van der Waals surface area contributed by atoms with Gasteiger partial charge in [0.2, 0.25) is 0 Å². The molecule has 1 aromatic rings. The number of amides is 1.